The van der Waals surface area contributed by atoms with Gasteiger partial charge >= 0.3 is 5.97 Å². The second-order valence-electron chi connectivity index (χ2n) is 3.21. The number of aliphatic carboxylic acids is 1. The van der Waals surface area contributed by atoms with E-state index in [1.54, 1.807) is 0 Å². The van der Waals surface area contributed by atoms with E-state index >= 15 is 0 Å². The van der Waals surface area contributed by atoms with Crippen LogP contribution in [0.25, 0.3) is 0 Å². The van der Waals surface area contributed by atoms with Crippen LogP contribution in [0.2, 0.25) is 0 Å². The van der Waals surface area contributed by atoms with Crippen LogP contribution in [-0.4, -0.2) is 24.6 Å². The third-order valence-corrected chi connectivity index (χ3v) is 2.25. The van der Waals surface area contributed by atoms with Gasteiger partial charge in [0.2, 0.25) is 5.54 Å². The molecule has 1 atom stereocenters. The van der Waals surface area contributed by atoms with Crippen LogP contribution in [-0.2, 0) is 10.3 Å². The molecule has 0 saturated heterocycles. The standard InChI is InChI=1S/C10H11F2NO3/c1-16-7-4-2-3-6(5-7)10(13,8(11)12)9(14)15/h2-5,8H,13H2,1H3,(H,14,15). The zero-order valence-corrected chi connectivity index (χ0v) is 8.48. The van der Waals surface area contributed by atoms with E-state index in [2.05, 4.69) is 0 Å². The Balaban J connectivity index is 3.26. The molecule has 1 unspecified atom stereocenters. The smallest absolute Gasteiger partial charge is 0.334 e. The molecule has 1 rings (SSSR count). The Morgan fingerprint density at radius 3 is 2.62 bits per heavy atom. The number of carboxylic acids is 1. The van der Waals surface area contributed by atoms with E-state index in [1.807, 2.05) is 0 Å². The lowest BCUT2D eigenvalue weighted by molar-refractivity contribution is -0.150. The van der Waals surface area contributed by atoms with Gasteiger partial charge < -0.3 is 15.6 Å². The topological polar surface area (TPSA) is 72.5 Å². The van der Waals surface area contributed by atoms with Crippen molar-refractivity contribution in [3.63, 3.8) is 0 Å². The SMILES string of the molecule is COc1cccc(C(N)(C(=O)O)C(F)F)c1. The summed E-state index contributed by atoms with van der Waals surface area (Å²) in [5, 5.41) is 8.77. The number of ether oxygens (including phenoxy) is 1. The van der Waals surface area contributed by atoms with Gasteiger partial charge in [-0.2, -0.15) is 0 Å². The molecule has 4 nitrogen and oxygen atoms in total. The molecule has 16 heavy (non-hydrogen) atoms. The van der Waals surface area contributed by atoms with Gasteiger partial charge in [-0.1, -0.05) is 12.1 Å². The molecule has 1 aromatic rings. The van der Waals surface area contributed by atoms with Crippen LogP contribution in [0.4, 0.5) is 8.78 Å². The highest BCUT2D eigenvalue weighted by Crippen LogP contribution is 2.28. The van der Waals surface area contributed by atoms with Crippen molar-refractivity contribution in [3.8, 4) is 5.75 Å². The second-order valence-corrected chi connectivity index (χ2v) is 3.21. The fourth-order valence-electron chi connectivity index (χ4n) is 1.22. The predicted molar refractivity (Wildman–Crippen MR) is 52.5 cm³/mol. The highest BCUT2D eigenvalue weighted by atomic mass is 19.3. The van der Waals surface area contributed by atoms with Gasteiger partial charge in [0.15, 0.2) is 0 Å². The summed E-state index contributed by atoms with van der Waals surface area (Å²) >= 11 is 0. The third kappa shape index (κ3) is 1.96. The first-order chi connectivity index (χ1) is 7.42. The first-order valence-corrected chi connectivity index (χ1v) is 4.38. The average molecular weight is 231 g/mol. The average Bonchev–Trinajstić information content (AvgIpc) is 2.27. The van der Waals surface area contributed by atoms with Gasteiger partial charge in [-0.3, -0.25) is 0 Å². The van der Waals surface area contributed by atoms with Crippen molar-refractivity contribution in [2.24, 2.45) is 5.73 Å². The van der Waals surface area contributed by atoms with Crippen LogP contribution in [0, 0.1) is 0 Å². The normalized spacial score (nSPS) is 14.6. The molecule has 0 aromatic heterocycles. The van der Waals surface area contributed by atoms with E-state index in [9.17, 15) is 13.6 Å². The first-order valence-electron chi connectivity index (χ1n) is 4.38. The zero-order chi connectivity index (χ0) is 12.3. The molecule has 0 bridgehead atoms. The molecule has 0 spiro atoms. The van der Waals surface area contributed by atoms with Crippen molar-refractivity contribution in [1.29, 1.82) is 0 Å². The Morgan fingerprint density at radius 1 is 1.56 bits per heavy atom. The fraction of sp³-hybridized carbons (Fsp3) is 0.300. The second kappa shape index (κ2) is 4.44. The molecule has 0 aliphatic rings. The summed E-state index contributed by atoms with van der Waals surface area (Å²) in [6.45, 7) is 0. The number of alkyl halides is 2. The maximum Gasteiger partial charge on any atom is 0.334 e. The van der Waals surface area contributed by atoms with E-state index in [0.717, 1.165) is 0 Å². The number of hydrogen-bond donors (Lipinski definition) is 2. The number of carboxylic acid groups (broad SMARTS) is 1. The molecule has 0 saturated carbocycles. The lowest BCUT2D eigenvalue weighted by Crippen LogP contribution is -2.51. The van der Waals surface area contributed by atoms with Crippen molar-refractivity contribution in [1.82, 2.24) is 0 Å². The van der Waals surface area contributed by atoms with Crippen LogP contribution in [0.15, 0.2) is 24.3 Å². The van der Waals surface area contributed by atoms with Gasteiger partial charge in [0.1, 0.15) is 5.75 Å². The molecule has 3 N–H and O–H groups in total. The summed E-state index contributed by atoms with van der Waals surface area (Å²) < 4.78 is 30.2. The molecule has 88 valence electrons. The minimum absolute atomic E-state index is 0.200. The molecule has 0 aliphatic heterocycles. The van der Waals surface area contributed by atoms with Gasteiger partial charge in [0.25, 0.3) is 6.43 Å². The van der Waals surface area contributed by atoms with E-state index in [1.165, 1.54) is 31.4 Å². The molecule has 0 radical (unpaired) electrons. The summed E-state index contributed by atoms with van der Waals surface area (Å²) in [6.07, 6.45) is -3.21. The number of carbonyl (C=O) groups is 1. The quantitative estimate of drug-likeness (QED) is 0.816. The van der Waals surface area contributed by atoms with Gasteiger partial charge in [-0.05, 0) is 17.7 Å². The van der Waals surface area contributed by atoms with E-state index in [0.29, 0.717) is 0 Å². The van der Waals surface area contributed by atoms with E-state index in [4.69, 9.17) is 15.6 Å². The molecule has 6 heteroatoms. The molecule has 0 heterocycles. The fourth-order valence-corrected chi connectivity index (χ4v) is 1.22. The minimum Gasteiger partial charge on any atom is -0.497 e. The minimum atomic E-state index is -3.21. The van der Waals surface area contributed by atoms with Crippen molar-refractivity contribution < 1.29 is 23.4 Å². The Bertz CT molecular complexity index is 397. The molecular weight excluding hydrogens is 220 g/mol. The monoisotopic (exact) mass is 231 g/mol. The zero-order valence-electron chi connectivity index (χ0n) is 8.48. The van der Waals surface area contributed by atoms with Crippen molar-refractivity contribution in [2.75, 3.05) is 7.11 Å². The number of benzene rings is 1. The molecule has 0 aliphatic carbocycles. The first kappa shape index (κ1) is 12.4. The van der Waals surface area contributed by atoms with Crippen molar-refractivity contribution in [2.45, 2.75) is 12.0 Å². The number of hydrogen-bond acceptors (Lipinski definition) is 3. The molecule has 1 aromatic carbocycles. The van der Waals surface area contributed by atoms with Crippen LogP contribution >= 0.6 is 0 Å². The number of nitrogens with two attached hydrogens (primary N) is 1. The summed E-state index contributed by atoms with van der Waals surface area (Å²) in [4.78, 5) is 10.8. The number of methoxy groups -OCH3 is 1. The molecule has 0 amide bonds. The summed E-state index contributed by atoms with van der Waals surface area (Å²) in [7, 11) is 1.35. The van der Waals surface area contributed by atoms with Gasteiger partial charge in [-0.15, -0.1) is 0 Å². The number of halogens is 2. The Hall–Kier alpha value is -1.69. The molecule has 0 fully saturated rings. The van der Waals surface area contributed by atoms with Gasteiger partial charge in [0.05, 0.1) is 7.11 Å². The maximum atomic E-state index is 12.7. The maximum absolute atomic E-state index is 12.7. The van der Waals surface area contributed by atoms with Crippen LogP contribution in [0.5, 0.6) is 5.75 Å². The predicted octanol–water partition coefficient (Wildman–Crippen LogP) is 1.20. The molecular formula is C10H11F2NO3. The summed E-state index contributed by atoms with van der Waals surface area (Å²) in [6, 6.07) is 5.32. The number of rotatable bonds is 4. The third-order valence-electron chi connectivity index (χ3n) is 2.25. The lowest BCUT2D eigenvalue weighted by Gasteiger charge is -2.24. The van der Waals surface area contributed by atoms with Gasteiger partial charge in [0, 0.05) is 0 Å². The Labute approximate surface area is 90.6 Å². The van der Waals surface area contributed by atoms with Crippen molar-refractivity contribution in [3.05, 3.63) is 29.8 Å². The van der Waals surface area contributed by atoms with E-state index < -0.39 is 17.9 Å². The van der Waals surface area contributed by atoms with Gasteiger partial charge in [-0.25, -0.2) is 13.6 Å². The Morgan fingerprint density at radius 2 is 2.19 bits per heavy atom. The van der Waals surface area contributed by atoms with Crippen LogP contribution in [0.1, 0.15) is 5.56 Å². The highest BCUT2D eigenvalue weighted by Gasteiger charge is 2.45. The van der Waals surface area contributed by atoms with E-state index in [-0.39, 0.29) is 11.3 Å². The lowest BCUT2D eigenvalue weighted by atomic mass is 9.91. The summed E-state index contributed by atoms with van der Waals surface area (Å²) in [5.41, 5.74) is 2.31. The largest absolute Gasteiger partial charge is 0.497 e. The Kier molecular flexibility index (Phi) is 3.44. The summed E-state index contributed by atoms with van der Waals surface area (Å²) in [5.74, 6) is -1.51. The van der Waals surface area contributed by atoms with Crippen LogP contribution < -0.4 is 10.5 Å². The van der Waals surface area contributed by atoms with Crippen LogP contribution in [0.3, 0.4) is 0 Å². The highest BCUT2D eigenvalue weighted by molar-refractivity contribution is 5.81. The van der Waals surface area contributed by atoms with Crippen molar-refractivity contribution >= 4 is 5.97 Å².